The van der Waals surface area contributed by atoms with Crippen LogP contribution in [-0.2, 0) is 10.0 Å². The van der Waals surface area contributed by atoms with Crippen molar-refractivity contribution in [1.82, 2.24) is 4.31 Å². The first-order valence-corrected chi connectivity index (χ1v) is 6.62. The fourth-order valence-electron chi connectivity index (χ4n) is 1.06. The molecule has 1 aromatic heterocycles. The summed E-state index contributed by atoms with van der Waals surface area (Å²) in [4.78, 5) is 0. The average Bonchev–Trinajstić information content (AvgIpc) is 2.61. The molecule has 1 aromatic rings. The number of sulfonamides is 1. The van der Waals surface area contributed by atoms with Gasteiger partial charge in [-0.15, -0.1) is 17.8 Å². The zero-order valence-electron chi connectivity index (χ0n) is 8.30. The second kappa shape index (κ2) is 4.66. The van der Waals surface area contributed by atoms with Crippen LogP contribution in [0.15, 0.2) is 15.7 Å². The molecular formula is C9H12N2O2S2. The molecule has 0 saturated carbocycles. The molecule has 1 heterocycles. The smallest absolute Gasteiger partial charge is 0.253 e. The second-order valence-electron chi connectivity index (χ2n) is 2.83. The van der Waals surface area contributed by atoms with Crippen LogP contribution in [0.25, 0.3) is 0 Å². The van der Waals surface area contributed by atoms with E-state index >= 15 is 0 Å². The molecule has 0 aliphatic rings. The Morgan fingerprint density at radius 1 is 1.67 bits per heavy atom. The van der Waals surface area contributed by atoms with Crippen LogP contribution >= 0.6 is 11.3 Å². The molecule has 1 rings (SSSR count). The minimum Gasteiger partial charge on any atom is -0.398 e. The van der Waals surface area contributed by atoms with Gasteiger partial charge in [-0.3, -0.25) is 0 Å². The van der Waals surface area contributed by atoms with E-state index in [-0.39, 0.29) is 10.8 Å². The van der Waals surface area contributed by atoms with Crippen LogP contribution in [-0.4, -0.2) is 25.8 Å². The first kappa shape index (κ1) is 12.0. The van der Waals surface area contributed by atoms with E-state index in [1.54, 1.807) is 12.3 Å². The summed E-state index contributed by atoms with van der Waals surface area (Å²) in [6, 6.07) is 1.44. The van der Waals surface area contributed by atoms with Crippen molar-refractivity contribution in [2.75, 3.05) is 18.8 Å². The second-order valence-corrected chi connectivity index (χ2v) is 5.91. The zero-order chi connectivity index (χ0) is 11.5. The van der Waals surface area contributed by atoms with Crippen LogP contribution in [0, 0.1) is 12.3 Å². The van der Waals surface area contributed by atoms with Gasteiger partial charge in [0.15, 0.2) is 0 Å². The van der Waals surface area contributed by atoms with E-state index in [1.165, 1.54) is 10.4 Å². The maximum absolute atomic E-state index is 12.0. The van der Waals surface area contributed by atoms with Crippen LogP contribution in [0.3, 0.4) is 0 Å². The molecular weight excluding hydrogens is 232 g/mol. The van der Waals surface area contributed by atoms with E-state index in [0.717, 1.165) is 11.3 Å². The molecule has 4 nitrogen and oxygen atoms in total. The summed E-state index contributed by atoms with van der Waals surface area (Å²) >= 11 is 1.10. The standard InChI is InChI=1S/C9H12N2O2S2/c1-3-5-11(4-2)15(12,13)9-6-8(10)7-14-9/h1,6-7H,4-5,10H2,2H3. The first-order chi connectivity index (χ1) is 7.02. The lowest BCUT2D eigenvalue weighted by Crippen LogP contribution is -2.30. The quantitative estimate of drug-likeness (QED) is 0.803. The van der Waals surface area contributed by atoms with Gasteiger partial charge in [0.2, 0.25) is 0 Å². The summed E-state index contributed by atoms with van der Waals surface area (Å²) in [7, 11) is -3.46. The molecule has 15 heavy (non-hydrogen) atoms. The van der Waals surface area contributed by atoms with Crippen molar-refractivity contribution in [3.05, 3.63) is 11.4 Å². The summed E-state index contributed by atoms with van der Waals surface area (Å²) in [6.45, 7) is 2.17. The lowest BCUT2D eigenvalue weighted by atomic mass is 10.6. The number of anilines is 1. The van der Waals surface area contributed by atoms with Gasteiger partial charge < -0.3 is 5.73 Å². The third-order valence-electron chi connectivity index (χ3n) is 1.81. The lowest BCUT2D eigenvalue weighted by molar-refractivity contribution is 0.466. The van der Waals surface area contributed by atoms with Gasteiger partial charge in [-0.2, -0.15) is 4.31 Å². The van der Waals surface area contributed by atoms with Crippen molar-refractivity contribution in [1.29, 1.82) is 0 Å². The van der Waals surface area contributed by atoms with Gasteiger partial charge in [0.25, 0.3) is 10.0 Å². The molecule has 0 saturated heterocycles. The maximum Gasteiger partial charge on any atom is 0.253 e. The summed E-state index contributed by atoms with van der Waals surface area (Å²) in [5.41, 5.74) is 5.93. The molecule has 0 atom stereocenters. The normalized spacial score (nSPS) is 11.5. The Morgan fingerprint density at radius 2 is 2.33 bits per heavy atom. The Hall–Kier alpha value is -1.03. The molecule has 6 heteroatoms. The molecule has 82 valence electrons. The monoisotopic (exact) mass is 244 g/mol. The van der Waals surface area contributed by atoms with Crippen LogP contribution in [0.5, 0.6) is 0 Å². The summed E-state index contributed by atoms with van der Waals surface area (Å²) in [5, 5.41) is 1.59. The third kappa shape index (κ3) is 2.50. The number of nitrogen functional groups attached to an aromatic ring is 1. The van der Waals surface area contributed by atoms with Gasteiger partial charge in [-0.25, -0.2) is 8.42 Å². The van der Waals surface area contributed by atoms with E-state index in [2.05, 4.69) is 5.92 Å². The van der Waals surface area contributed by atoms with Gasteiger partial charge in [-0.1, -0.05) is 12.8 Å². The van der Waals surface area contributed by atoms with Gasteiger partial charge in [0.1, 0.15) is 4.21 Å². The van der Waals surface area contributed by atoms with Crippen molar-refractivity contribution in [3.63, 3.8) is 0 Å². The Bertz CT molecular complexity index is 471. The number of nitrogens with two attached hydrogens (primary N) is 1. The molecule has 0 unspecified atom stereocenters. The van der Waals surface area contributed by atoms with E-state index < -0.39 is 10.0 Å². The van der Waals surface area contributed by atoms with Gasteiger partial charge in [0, 0.05) is 17.6 Å². The molecule has 0 spiro atoms. The fourth-order valence-corrected chi connectivity index (χ4v) is 3.66. The number of hydrogen-bond donors (Lipinski definition) is 1. The van der Waals surface area contributed by atoms with Crippen molar-refractivity contribution in [2.24, 2.45) is 0 Å². The Kier molecular flexibility index (Phi) is 3.74. The minimum atomic E-state index is -3.46. The Balaban J connectivity index is 3.07. The van der Waals surface area contributed by atoms with E-state index in [4.69, 9.17) is 12.2 Å². The average molecular weight is 244 g/mol. The van der Waals surface area contributed by atoms with E-state index in [0.29, 0.717) is 12.2 Å². The summed E-state index contributed by atoms with van der Waals surface area (Å²) in [6.07, 6.45) is 5.11. The molecule has 0 fully saturated rings. The van der Waals surface area contributed by atoms with Crippen molar-refractivity contribution < 1.29 is 8.42 Å². The SMILES string of the molecule is C#CCN(CC)S(=O)(=O)c1cc(N)cs1. The summed E-state index contributed by atoms with van der Waals surface area (Å²) < 4.78 is 25.4. The third-order valence-corrected chi connectivity index (χ3v) is 5.16. The number of terminal acetylenes is 1. The Morgan fingerprint density at radius 3 is 2.73 bits per heavy atom. The van der Waals surface area contributed by atoms with Crippen LogP contribution in [0.4, 0.5) is 5.69 Å². The van der Waals surface area contributed by atoms with Crippen LogP contribution in [0.2, 0.25) is 0 Å². The van der Waals surface area contributed by atoms with Crippen LogP contribution in [0.1, 0.15) is 6.92 Å². The molecule has 0 aliphatic heterocycles. The molecule has 0 bridgehead atoms. The lowest BCUT2D eigenvalue weighted by Gasteiger charge is -2.16. The largest absolute Gasteiger partial charge is 0.398 e. The molecule has 2 N–H and O–H groups in total. The van der Waals surface area contributed by atoms with Crippen molar-refractivity contribution in [2.45, 2.75) is 11.1 Å². The van der Waals surface area contributed by atoms with Crippen LogP contribution < -0.4 is 5.73 Å². The maximum atomic E-state index is 12.0. The fraction of sp³-hybridized carbons (Fsp3) is 0.333. The Labute approximate surface area is 93.8 Å². The topological polar surface area (TPSA) is 63.4 Å². The molecule has 0 amide bonds. The highest BCUT2D eigenvalue weighted by Gasteiger charge is 2.23. The molecule has 0 aliphatic carbocycles. The predicted molar refractivity (Wildman–Crippen MR) is 62.0 cm³/mol. The zero-order valence-corrected chi connectivity index (χ0v) is 9.94. The van der Waals surface area contributed by atoms with Crippen molar-refractivity contribution in [3.8, 4) is 12.3 Å². The minimum absolute atomic E-state index is 0.0800. The van der Waals surface area contributed by atoms with E-state index in [1.807, 2.05) is 0 Å². The van der Waals surface area contributed by atoms with Crippen molar-refractivity contribution >= 4 is 27.0 Å². The number of rotatable bonds is 4. The highest BCUT2D eigenvalue weighted by atomic mass is 32.2. The van der Waals surface area contributed by atoms with Gasteiger partial charge in [-0.05, 0) is 6.07 Å². The van der Waals surface area contributed by atoms with E-state index in [9.17, 15) is 8.42 Å². The number of hydrogen-bond acceptors (Lipinski definition) is 4. The highest BCUT2D eigenvalue weighted by molar-refractivity contribution is 7.91. The van der Waals surface area contributed by atoms with Gasteiger partial charge in [0.05, 0.1) is 6.54 Å². The molecule has 0 aromatic carbocycles. The summed E-state index contributed by atoms with van der Waals surface area (Å²) in [5.74, 6) is 2.32. The molecule has 0 radical (unpaired) electrons. The number of nitrogens with zero attached hydrogens (tertiary/aromatic N) is 1. The first-order valence-electron chi connectivity index (χ1n) is 4.30. The predicted octanol–water partition coefficient (Wildman–Crippen LogP) is 0.974. The van der Waals surface area contributed by atoms with Gasteiger partial charge >= 0.3 is 0 Å². The number of thiophene rings is 1. The highest BCUT2D eigenvalue weighted by Crippen LogP contribution is 2.24.